The number of fused-ring (bicyclic) bond motifs is 5. The average molecular weight is 518 g/mol. The summed E-state index contributed by atoms with van der Waals surface area (Å²) in [4.78, 5) is 54.3. The van der Waals surface area contributed by atoms with Gasteiger partial charge >= 0.3 is 6.03 Å². The number of anilines is 2. The van der Waals surface area contributed by atoms with E-state index in [1.807, 2.05) is 13.8 Å². The second-order valence-electron chi connectivity index (χ2n) is 9.74. The minimum Gasteiger partial charge on any atom is -0.372 e. The number of nitrogens with zero attached hydrogens (tertiary/aromatic N) is 3. The molecule has 190 valence electrons. The molecule has 0 unspecified atom stereocenters. The van der Waals surface area contributed by atoms with Crippen LogP contribution in [0.5, 0.6) is 0 Å². The number of benzene rings is 1. The quantitative estimate of drug-likeness (QED) is 0.576. The van der Waals surface area contributed by atoms with Gasteiger partial charge in [0.25, 0.3) is 5.24 Å². The van der Waals surface area contributed by atoms with Crippen LogP contribution in [0.15, 0.2) is 10.6 Å². The number of amides is 5. The first-order chi connectivity index (χ1) is 17.1. The molecule has 4 atom stereocenters. The van der Waals surface area contributed by atoms with Crippen LogP contribution < -0.4 is 20.4 Å². The number of hydrogen-bond acceptors (Lipinski definition) is 9. The standard InChI is InChI=1S/C23H24FN5O6S/c1-4-12-8-29(22(33)36-12)18-13-5-11-6-23(19(30)25-21(32)26-20(23)31)17-10(3)34-9(2)7-28(17)15(11)14(24)16(13)35-27-18/h5,9-10,12,17H,4,6-8H2,1-3H3,(H2,25,26,30,31,32)/t9-,10+,12+,17-/m1/s1. The van der Waals surface area contributed by atoms with Crippen molar-refractivity contribution in [1.29, 1.82) is 0 Å². The van der Waals surface area contributed by atoms with Gasteiger partial charge in [0, 0.05) is 24.8 Å². The first kappa shape index (κ1) is 23.2. The lowest BCUT2D eigenvalue weighted by Gasteiger charge is -2.55. The number of carbonyl (C=O) groups excluding carboxylic acids is 4. The highest BCUT2D eigenvalue weighted by molar-refractivity contribution is 8.14. The molecule has 4 aliphatic heterocycles. The van der Waals surface area contributed by atoms with Crippen LogP contribution in [0.25, 0.3) is 11.0 Å². The van der Waals surface area contributed by atoms with Crippen molar-refractivity contribution in [2.75, 3.05) is 22.9 Å². The van der Waals surface area contributed by atoms with Crippen LogP contribution in [0.1, 0.15) is 32.8 Å². The third-order valence-corrected chi connectivity index (χ3v) is 8.77. The molecule has 11 nitrogen and oxygen atoms in total. The lowest BCUT2D eigenvalue weighted by Crippen LogP contribution is -2.75. The SMILES string of the molecule is CC[C@H]1CN(c2noc3c(F)c4c(cc23)CC2(C(=O)NC(=O)NC2=O)[C@H]2[C@H](C)O[C@H](C)CN42)C(=O)S1. The Hall–Kier alpha value is -3.19. The zero-order valence-electron chi connectivity index (χ0n) is 19.8. The van der Waals surface area contributed by atoms with Crippen LogP contribution in [-0.2, 0) is 20.7 Å². The van der Waals surface area contributed by atoms with E-state index in [1.54, 1.807) is 17.9 Å². The maximum absolute atomic E-state index is 16.1. The molecule has 0 radical (unpaired) electrons. The largest absolute Gasteiger partial charge is 0.372 e. The number of thioether (sulfide) groups is 1. The highest BCUT2D eigenvalue weighted by Crippen LogP contribution is 2.50. The summed E-state index contributed by atoms with van der Waals surface area (Å²) in [5.41, 5.74) is -1.25. The minimum atomic E-state index is -1.73. The molecule has 1 spiro atoms. The Kier molecular flexibility index (Phi) is 5.10. The number of aromatic nitrogens is 1. The molecular formula is C23H24FN5O6S. The molecule has 2 aromatic rings. The summed E-state index contributed by atoms with van der Waals surface area (Å²) in [7, 11) is 0. The van der Waals surface area contributed by atoms with Crippen molar-refractivity contribution in [3.63, 3.8) is 0 Å². The lowest BCUT2D eigenvalue weighted by molar-refractivity contribution is -0.153. The lowest BCUT2D eigenvalue weighted by atomic mass is 9.66. The number of hydrogen-bond donors (Lipinski definition) is 2. The second kappa shape index (κ2) is 7.90. The smallest absolute Gasteiger partial charge is 0.328 e. The van der Waals surface area contributed by atoms with Crippen molar-refractivity contribution in [2.24, 2.45) is 5.41 Å². The maximum Gasteiger partial charge on any atom is 0.328 e. The molecule has 3 saturated heterocycles. The van der Waals surface area contributed by atoms with E-state index in [9.17, 15) is 19.2 Å². The second-order valence-corrected chi connectivity index (χ2v) is 11.0. The maximum atomic E-state index is 16.1. The van der Waals surface area contributed by atoms with Crippen molar-refractivity contribution in [3.05, 3.63) is 17.4 Å². The van der Waals surface area contributed by atoms with E-state index in [2.05, 4.69) is 15.8 Å². The summed E-state index contributed by atoms with van der Waals surface area (Å²) in [6, 6.07) is -0.133. The Morgan fingerprint density at radius 3 is 2.58 bits per heavy atom. The van der Waals surface area contributed by atoms with Crippen molar-refractivity contribution in [2.45, 2.75) is 57.1 Å². The van der Waals surface area contributed by atoms with Crippen LogP contribution >= 0.6 is 11.8 Å². The van der Waals surface area contributed by atoms with Crippen LogP contribution in [0, 0.1) is 11.2 Å². The number of rotatable bonds is 2. The van der Waals surface area contributed by atoms with E-state index in [1.165, 1.54) is 16.7 Å². The van der Waals surface area contributed by atoms with Gasteiger partial charge in [-0.1, -0.05) is 23.8 Å². The van der Waals surface area contributed by atoms with Crippen LogP contribution in [0.4, 0.5) is 25.5 Å². The Morgan fingerprint density at radius 1 is 1.19 bits per heavy atom. The number of imide groups is 2. The summed E-state index contributed by atoms with van der Waals surface area (Å²) in [6.45, 7) is 6.15. The van der Waals surface area contributed by atoms with Gasteiger partial charge in [-0.3, -0.25) is 29.9 Å². The van der Waals surface area contributed by atoms with Crippen molar-refractivity contribution in [3.8, 4) is 0 Å². The molecule has 0 saturated carbocycles. The normalized spacial score (nSPS) is 29.4. The Bertz CT molecular complexity index is 1330. The number of carbonyl (C=O) groups is 4. The number of halogens is 1. The zero-order chi connectivity index (χ0) is 25.5. The van der Waals surface area contributed by atoms with Gasteiger partial charge in [-0.2, -0.15) is 0 Å². The fraction of sp³-hybridized carbons (Fsp3) is 0.522. The molecule has 36 heavy (non-hydrogen) atoms. The van der Waals surface area contributed by atoms with Crippen LogP contribution in [-0.4, -0.2) is 64.8 Å². The predicted molar refractivity (Wildman–Crippen MR) is 127 cm³/mol. The summed E-state index contributed by atoms with van der Waals surface area (Å²) < 4.78 is 27.5. The molecule has 3 fully saturated rings. The first-order valence-corrected chi connectivity index (χ1v) is 12.7. The van der Waals surface area contributed by atoms with Gasteiger partial charge < -0.3 is 14.2 Å². The third kappa shape index (κ3) is 3.05. The van der Waals surface area contributed by atoms with E-state index in [4.69, 9.17) is 9.26 Å². The molecule has 5 amide bonds. The number of barbiturate groups is 1. The summed E-state index contributed by atoms with van der Waals surface area (Å²) in [5, 5.41) is 8.63. The number of ether oxygens (including phenoxy) is 1. The van der Waals surface area contributed by atoms with E-state index in [-0.39, 0.29) is 52.0 Å². The van der Waals surface area contributed by atoms with Gasteiger partial charge in [-0.05, 0) is 31.9 Å². The van der Waals surface area contributed by atoms with E-state index in [0.717, 1.165) is 6.42 Å². The fourth-order valence-corrected chi connectivity index (χ4v) is 7.00. The molecule has 4 aliphatic rings. The van der Waals surface area contributed by atoms with Crippen molar-refractivity contribution >= 4 is 57.3 Å². The highest BCUT2D eigenvalue weighted by atomic mass is 32.2. The molecule has 0 aliphatic carbocycles. The Morgan fingerprint density at radius 2 is 1.92 bits per heavy atom. The van der Waals surface area contributed by atoms with Gasteiger partial charge in [-0.25, -0.2) is 9.18 Å². The van der Waals surface area contributed by atoms with Crippen LogP contribution in [0.3, 0.4) is 0 Å². The summed E-state index contributed by atoms with van der Waals surface area (Å²) in [5.74, 6) is -2.00. The highest BCUT2D eigenvalue weighted by Gasteiger charge is 2.63. The zero-order valence-corrected chi connectivity index (χ0v) is 20.6. The van der Waals surface area contributed by atoms with E-state index >= 15 is 4.39 Å². The fourth-order valence-electron chi connectivity index (χ4n) is 6.04. The molecule has 5 heterocycles. The topological polar surface area (TPSA) is 134 Å². The molecule has 0 bridgehead atoms. The predicted octanol–water partition coefficient (Wildman–Crippen LogP) is 2.31. The molecule has 6 rings (SSSR count). The molecule has 2 N–H and O–H groups in total. The van der Waals surface area contributed by atoms with E-state index in [0.29, 0.717) is 12.1 Å². The Labute approximate surface area is 209 Å². The van der Waals surface area contributed by atoms with Gasteiger partial charge in [0.15, 0.2) is 17.1 Å². The number of urea groups is 1. The number of morpholine rings is 1. The third-order valence-electron chi connectivity index (χ3n) is 7.53. The van der Waals surface area contributed by atoms with E-state index < -0.39 is 41.2 Å². The van der Waals surface area contributed by atoms with Gasteiger partial charge in [0.1, 0.15) is 0 Å². The Balaban J connectivity index is 1.55. The molecule has 1 aromatic carbocycles. The van der Waals surface area contributed by atoms with Gasteiger partial charge in [0.2, 0.25) is 17.4 Å². The van der Waals surface area contributed by atoms with Crippen molar-refractivity contribution in [1.82, 2.24) is 15.8 Å². The molecule has 13 heteroatoms. The van der Waals surface area contributed by atoms with Crippen LogP contribution in [0.2, 0.25) is 0 Å². The average Bonchev–Trinajstić information content (AvgIpc) is 3.39. The monoisotopic (exact) mass is 517 g/mol. The van der Waals surface area contributed by atoms with Gasteiger partial charge in [-0.15, -0.1) is 0 Å². The summed E-state index contributed by atoms with van der Waals surface area (Å²) >= 11 is 1.20. The molecule has 1 aromatic heterocycles. The first-order valence-electron chi connectivity index (χ1n) is 11.8. The van der Waals surface area contributed by atoms with Gasteiger partial charge in [0.05, 0.1) is 29.3 Å². The summed E-state index contributed by atoms with van der Waals surface area (Å²) in [6.07, 6.45) is -0.334. The molecular weight excluding hydrogens is 493 g/mol. The number of nitrogens with one attached hydrogen (secondary N) is 2. The van der Waals surface area contributed by atoms with Crippen molar-refractivity contribution < 1.29 is 32.8 Å². The minimum absolute atomic E-state index is 0.0826.